The van der Waals surface area contributed by atoms with Gasteiger partial charge >= 0.3 is 0 Å². The van der Waals surface area contributed by atoms with Gasteiger partial charge in [0, 0.05) is 23.2 Å². The highest BCUT2D eigenvalue weighted by molar-refractivity contribution is 7.83. The Morgan fingerprint density at radius 1 is 1.23 bits per heavy atom. The van der Waals surface area contributed by atoms with Crippen molar-refractivity contribution >= 4 is 22.3 Å². The second kappa shape index (κ2) is 7.82. The Bertz CT molecular complexity index is 899. The zero-order chi connectivity index (χ0) is 17.9. The smallest absolute Gasteiger partial charge is 0.225 e. The van der Waals surface area contributed by atoms with Gasteiger partial charge < -0.3 is 4.42 Å². The van der Waals surface area contributed by atoms with Gasteiger partial charge in [0.25, 0.3) is 0 Å². The molecule has 0 saturated heterocycles. The average Bonchev–Trinajstić information content (AvgIpc) is 3.40. The van der Waals surface area contributed by atoms with E-state index in [4.69, 9.17) is 4.42 Å². The number of nitrogens with zero attached hydrogens (tertiary/aromatic N) is 2. The van der Waals surface area contributed by atoms with Crippen LogP contribution in [0.25, 0.3) is 21.9 Å². The topological polar surface area (TPSA) is 68.0 Å². The molecule has 1 aromatic carbocycles. The summed E-state index contributed by atoms with van der Waals surface area (Å²) in [7, 11) is 0.382. The molecule has 1 saturated carbocycles. The lowest BCUT2D eigenvalue weighted by atomic mass is 9.90. The molecule has 1 aliphatic carbocycles. The molecule has 0 aliphatic heterocycles. The Labute approximate surface area is 159 Å². The fourth-order valence-electron chi connectivity index (χ4n) is 3.44. The van der Waals surface area contributed by atoms with Crippen LogP contribution in [0.3, 0.4) is 0 Å². The van der Waals surface area contributed by atoms with Crippen LogP contribution in [-0.2, 0) is 11.0 Å². The van der Waals surface area contributed by atoms with Crippen molar-refractivity contribution in [3.8, 4) is 21.9 Å². The molecular formula is C19H21N3O2S2. The fraction of sp³-hybridized carbons (Fsp3) is 0.368. The second-order valence-corrected chi connectivity index (χ2v) is 8.87. The van der Waals surface area contributed by atoms with Crippen LogP contribution in [-0.4, -0.2) is 21.2 Å². The van der Waals surface area contributed by atoms with Gasteiger partial charge in [-0.3, -0.25) is 0 Å². The Morgan fingerprint density at radius 2 is 2.08 bits per heavy atom. The molecule has 0 spiro atoms. The minimum atomic E-state index is -1.31. The number of aromatic nitrogens is 2. The molecule has 1 atom stereocenters. The van der Waals surface area contributed by atoms with Gasteiger partial charge in [-0.25, -0.2) is 18.9 Å². The normalized spacial score (nSPS) is 16.7. The molecule has 2 aromatic heterocycles. The monoisotopic (exact) mass is 387 g/mol. The van der Waals surface area contributed by atoms with Crippen LogP contribution in [0.5, 0.6) is 0 Å². The Balaban J connectivity index is 1.71. The van der Waals surface area contributed by atoms with Crippen LogP contribution in [0.1, 0.15) is 43.0 Å². The summed E-state index contributed by atoms with van der Waals surface area (Å²) in [5.41, 5.74) is 1.77. The minimum Gasteiger partial charge on any atom is -0.445 e. The van der Waals surface area contributed by atoms with Gasteiger partial charge in [0.2, 0.25) is 5.89 Å². The van der Waals surface area contributed by atoms with Gasteiger partial charge in [-0.2, -0.15) is 0 Å². The van der Waals surface area contributed by atoms with E-state index in [1.165, 1.54) is 43.4 Å². The highest BCUT2D eigenvalue weighted by Gasteiger charge is 2.21. The van der Waals surface area contributed by atoms with Crippen molar-refractivity contribution in [2.24, 2.45) is 0 Å². The lowest BCUT2D eigenvalue weighted by Gasteiger charge is -2.18. The number of nitrogens with one attached hydrogen (secondary N) is 1. The van der Waals surface area contributed by atoms with Crippen LogP contribution in [0, 0.1) is 0 Å². The van der Waals surface area contributed by atoms with Gasteiger partial charge in [-0.05, 0) is 32.0 Å². The van der Waals surface area contributed by atoms with Crippen molar-refractivity contribution in [2.45, 2.75) is 42.9 Å². The summed E-state index contributed by atoms with van der Waals surface area (Å²) in [5, 5.41) is 1.21. The van der Waals surface area contributed by atoms with Crippen LogP contribution in [0.4, 0.5) is 0 Å². The third kappa shape index (κ3) is 3.51. The first-order valence-electron chi connectivity index (χ1n) is 8.85. The van der Waals surface area contributed by atoms with Crippen molar-refractivity contribution in [1.29, 1.82) is 0 Å². The van der Waals surface area contributed by atoms with E-state index in [-0.39, 0.29) is 0 Å². The maximum Gasteiger partial charge on any atom is 0.225 e. The molecular weight excluding hydrogens is 366 g/mol. The van der Waals surface area contributed by atoms with Crippen molar-refractivity contribution < 1.29 is 8.63 Å². The molecule has 26 heavy (non-hydrogen) atoms. The third-order valence-corrected chi connectivity index (χ3v) is 7.09. The minimum absolute atomic E-state index is 0.526. The summed E-state index contributed by atoms with van der Waals surface area (Å²) in [6.07, 6.45) is 11.4. The summed E-state index contributed by atoms with van der Waals surface area (Å²) in [5.74, 6) is 1.10. The van der Waals surface area contributed by atoms with E-state index in [0.29, 0.717) is 11.8 Å². The van der Waals surface area contributed by atoms with E-state index in [1.807, 2.05) is 24.4 Å². The molecule has 1 unspecified atom stereocenters. The van der Waals surface area contributed by atoms with Crippen LogP contribution >= 0.6 is 11.3 Å². The van der Waals surface area contributed by atoms with E-state index in [9.17, 15) is 4.21 Å². The molecule has 3 aromatic rings. The van der Waals surface area contributed by atoms with E-state index in [1.54, 1.807) is 24.6 Å². The maximum absolute atomic E-state index is 12.6. The molecule has 5 nitrogen and oxygen atoms in total. The second-order valence-electron chi connectivity index (χ2n) is 6.42. The summed E-state index contributed by atoms with van der Waals surface area (Å²) < 4.78 is 20.8. The fourth-order valence-corrected chi connectivity index (χ4v) is 5.46. The first kappa shape index (κ1) is 17.6. The number of thiazole rings is 1. The molecule has 1 aliphatic rings. The quantitative estimate of drug-likeness (QED) is 0.686. The van der Waals surface area contributed by atoms with Gasteiger partial charge in [0.1, 0.15) is 17.2 Å². The predicted molar refractivity (Wildman–Crippen MR) is 104 cm³/mol. The highest BCUT2D eigenvalue weighted by Crippen LogP contribution is 2.39. The Hall–Kier alpha value is -1.83. The van der Waals surface area contributed by atoms with Crippen molar-refractivity contribution in [3.05, 3.63) is 41.9 Å². The van der Waals surface area contributed by atoms with Gasteiger partial charge in [-0.1, -0.05) is 25.3 Å². The first-order chi connectivity index (χ1) is 12.8. The number of hydrogen-bond donors (Lipinski definition) is 1. The number of rotatable bonds is 5. The van der Waals surface area contributed by atoms with E-state index < -0.39 is 11.0 Å². The molecule has 1 N–H and O–H groups in total. The number of benzene rings is 1. The first-order valence-corrected chi connectivity index (χ1v) is 10.8. The van der Waals surface area contributed by atoms with Crippen molar-refractivity contribution in [1.82, 2.24) is 14.7 Å². The van der Waals surface area contributed by atoms with Gasteiger partial charge in [0.15, 0.2) is 0 Å². The lowest BCUT2D eigenvalue weighted by molar-refractivity contribution is 0.442. The summed E-state index contributed by atoms with van der Waals surface area (Å²) in [6.45, 7) is 0. The Morgan fingerprint density at radius 3 is 2.81 bits per heavy atom. The summed E-state index contributed by atoms with van der Waals surface area (Å²) in [6, 6.07) is 5.83. The molecule has 7 heteroatoms. The zero-order valence-corrected chi connectivity index (χ0v) is 16.2. The summed E-state index contributed by atoms with van der Waals surface area (Å²) in [4.78, 5) is 10.7. The van der Waals surface area contributed by atoms with Gasteiger partial charge in [-0.15, -0.1) is 11.3 Å². The SMILES string of the molecule is CNS(=O)c1cc(-c2ncco2)ccc1-c1cnc(C2CCCCC2)s1. The summed E-state index contributed by atoms with van der Waals surface area (Å²) >= 11 is 1.73. The number of oxazole rings is 1. The molecule has 4 rings (SSSR count). The van der Waals surface area contributed by atoms with Crippen LogP contribution in [0.2, 0.25) is 0 Å². The molecule has 0 bridgehead atoms. The van der Waals surface area contributed by atoms with Crippen LogP contribution in [0.15, 0.2) is 46.2 Å². The largest absolute Gasteiger partial charge is 0.445 e. The maximum atomic E-state index is 12.6. The van der Waals surface area contributed by atoms with Gasteiger partial charge in [0.05, 0.1) is 21.0 Å². The average molecular weight is 388 g/mol. The molecule has 136 valence electrons. The number of hydrogen-bond acceptors (Lipinski definition) is 5. The molecule has 0 radical (unpaired) electrons. The standard InChI is InChI=1S/C19H21N3O2S2/c1-20-26(23)17-11-14(18-21-9-10-24-18)7-8-15(17)16-12-22-19(25-16)13-5-3-2-4-6-13/h7-13,20H,2-6H2,1H3. The molecule has 0 amide bonds. The van der Waals surface area contributed by atoms with E-state index >= 15 is 0 Å². The molecule has 1 fully saturated rings. The van der Waals surface area contributed by atoms with E-state index in [0.717, 1.165) is 20.9 Å². The van der Waals surface area contributed by atoms with Crippen molar-refractivity contribution in [2.75, 3.05) is 7.05 Å². The zero-order valence-electron chi connectivity index (χ0n) is 14.6. The highest BCUT2D eigenvalue weighted by atomic mass is 32.2. The van der Waals surface area contributed by atoms with Crippen molar-refractivity contribution in [3.63, 3.8) is 0 Å². The predicted octanol–water partition coefficient (Wildman–Crippen LogP) is 4.75. The third-order valence-electron chi connectivity index (χ3n) is 4.79. The lowest BCUT2D eigenvalue weighted by Crippen LogP contribution is -2.11. The molecule has 2 heterocycles. The van der Waals surface area contributed by atoms with Crippen LogP contribution < -0.4 is 4.72 Å². The Kier molecular flexibility index (Phi) is 5.28. The van der Waals surface area contributed by atoms with E-state index in [2.05, 4.69) is 14.7 Å².